The van der Waals surface area contributed by atoms with Crippen LogP contribution in [0.15, 0.2) is 42.5 Å². The van der Waals surface area contributed by atoms with Crippen LogP contribution in [0.1, 0.15) is 43.0 Å². The number of amides is 2. The van der Waals surface area contributed by atoms with E-state index in [2.05, 4.69) is 10.6 Å². The van der Waals surface area contributed by atoms with E-state index < -0.39 is 29.8 Å². The Bertz CT molecular complexity index is 1000. The highest BCUT2D eigenvalue weighted by molar-refractivity contribution is 6.17. The van der Waals surface area contributed by atoms with Crippen LogP contribution < -0.4 is 10.6 Å². The summed E-state index contributed by atoms with van der Waals surface area (Å²) in [6.45, 7) is 7.20. The van der Waals surface area contributed by atoms with E-state index in [4.69, 9.17) is 25.8 Å². The van der Waals surface area contributed by atoms with Crippen LogP contribution >= 0.6 is 11.6 Å². The number of anilines is 1. The third kappa shape index (κ3) is 8.26. The Balaban J connectivity index is 2.14. The maximum Gasteiger partial charge on any atom is 0.412 e. The molecule has 1 unspecified atom stereocenters. The van der Waals surface area contributed by atoms with Crippen LogP contribution in [0.4, 0.5) is 15.3 Å². The lowest BCUT2D eigenvalue weighted by Gasteiger charge is -2.22. The first-order valence-corrected chi connectivity index (χ1v) is 11.3. The van der Waals surface area contributed by atoms with Gasteiger partial charge in [0.25, 0.3) is 0 Å². The largest absolute Gasteiger partial charge is 0.467 e. The molecular formula is C25H31ClN2O6. The summed E-state index contributed by atoms with van der Waals surface area (Å²) in [4.78, 5) is 36.8. The minimum absolute atomic E-state index is 0.0671. The van der Waals surface area contributed by atoms with Crippen LogP contribution in [0.2, 0.25) is 0 Å². The number of carbonyl (C=O) groups excluding carboxylic acids is 3. The molecule has 0 spiro atoms. The van der Waals surface area contributed by atoms with E-state index in [9.17, 15) is 14.4 Å². The van der Waals surface area contributed by atoms with Crippen molar-refractivity contribution < 1.29 is 28.6 Å². The van der Waals surface area contributed by atoms with Crippen molar-refractivity contribution in [2.24, 2.45) is 0 Å². The Morgan fingerprint density at radius 3 is 2.29 bits per heavy atom. The van der Waals surface area contributed by atoms with E-state index in [1.54, 1.807) is 32.9 Å². The molecule has 34 heavy (non-hydrogen) atoms. The smallest absolute Gasteiger partial charge is 0.412 e. The molecule has 1 atom stereocenters. The lowest BCUT2D eigenvalue weighted by molar-refractivity contribution is -0.143. The zero-order chi connectivity index (χ0) is 25.3. The first kappa shape index (κ1) is 27.0. The number of rotatable bonds is 8. The summed E-state index contributed by atoms with van der Waals surface area (Å²) in [5.74, 6) is -0.483. The summed E-state index contributed by atoms with van der Waals surface area (Å²) < 4.78 is 15.4. The van der Waals surface area contributed by atoms with Crippen molar-refractivity contribution in [3.8, 4) is 0 Å². The average Bonchev–Trinajstić information content (AvgIpc) is 2.78. The number of nitrogens with one attached hydrogen (secondary N) is 2. The molecule has 0 saturated carbocycles. The number of hydrogen-bond acceptors (Lipinski definition) is 6. The van der Waals surface area contributed by atoms with E-state index in [0.29, 0.717) is 5.69 Å². The standard InChI is InChI=1S/C25H31ClN2O6/c1-16-19(14-26)18(11-12-20(16)27-24(31)34-25(2,3)4)13-21(22(29)32-5)28-23(30)33-15-17-9-7-6-8-10-17/h6-12,21H,13-15H2,1-5H3,(H,27,31)(H,28,30). The first-order valence-electron chi connectivity index (χ1n) is 10.8. The normalized spacial score (nSPS) is 11.8. The summed E-state index contributed by atoms with van der Waals surface area (Å²) in [6, 6.07) is 11.6. The van der Waals surface area contributed by atoms with Crippen molar-refractivity contribution in [1.82, 2.24) is 5.32 Å². The summed E-state index contributed by atoms with van der Waals surface area (Å²) in [5, 5.41) is 5.28. The Morgan fingerprint density at radius 1 is 1.03 bits per heavy atom. The van der Waals surface area contributed by atoms with Crippen molar-refractivity contribution in [2.75, 3.05) is 12.4 Å². The van der Waals surface area contributed by atoms with Gasteiger partial charge in [-0.1, -0.05) is 36.4 Å². The minimum Gasteiger partial charge on any atom is -0.467 e. The third-order valence-electron chi connectivity index (χ3n) is 4.88. The fourth-order valence-electron chi connectivity index (χ4n) is 3.20. The number of methoxy groups -OCH3 is 1. The highest BCUT2D eigenvalue weighted by Gasteiger charge is 2.25. The molecule has 0 aliphatic rings. The van der Waals surface area contributed by atoms with Gasteiger partial charge in [-0.3, -0.25) is 5.32 Å². The minimum atomic E-state index is -0.987. The van der Waals surface area contributed by atoms with Crippen molar-refractivity contribution >= 4 is 35.4 Å². The van der Waals surface area contributed by atoms with E-state index in [1.165, 1.54) is 7.11 Å². The second-order valence-corrected chi connectivity index (χ2v) is 8.89. The van der Waals surface area contributed by atoms with Gasteiger partial charge in [0.1, 0.15) is 18.2 Å². The van der Waals surface area contributed by atoms with Crippen molar-refractivity contribution in [3.63, 3.8) is 0 Å². The highest BCUT2D eigenvalue weighted by atomic mass is 35.5. The van der Waals surface area contributed by atoms with Gasteiger partial charge >= 0.3 is 18.2 Å². The maximum absolute atomic E-state index is 12.4. The van der Waals surface area contributed by atoms with Gasteiger partial charge in [0.2, 0.25) is 0 Å². The fraction of sp³-hybridized carbons (Fsp3) is 0.400. The molecule has 0 fully saturated rings. The molecule has 2 rings (SSSR count). The lowest BCUT2D eigenvalue weighted by Crippen LogP contribution is -2.43. The fourth-order valence-corrected chi connectivity index (χ4v) is 3.57. The van der Waals surface area contributed by atoms with Gasteiger partial charge in [-0.05, 0) is 56.0 Å². The SMILES string of the molecule is COC(=O)C(Cc1ccc(NC(=O)OC(C)(C)C)c(C)c1CCl)NC(=O)OCc1ccccc1. The van der Waals surface area contributed by atoms with E-state index in [-0.39, 0.29) is 18.9 Å². The van der Waals surface area contributed by atoms with Gasteiger partial charge in [0.05, 0.1) is 7.11 Å². The van der Waals surface area contributed by atoms with Crippen LogP contribution in [0, 0.1) is 6.92 Å². The topological polar surface area (TPSA) is 103 Å². The molecule has 0 aliphatic heterocycles. The molecule has 0 radical (unpaired) electrons. The Morgan fingerprint density at radius 2 is 1.71 bits per heavy atom. The Hall–Kier alpha value is -3.26. The number of halogens is 1. The summed E-state index contributed by atoms with van der Waals surface area (Å²) in [7, 11) is 1.24. The van der Waals surface area contributed by atoms with E-state index >= 15 is 0 Å². The van der Waals surface area contributed by atoms with E-state index in [1.807, 2.05) is 37.3 Å². The number of hydrogen-bond donors (Lipinski definition) is 2. The number of alkyl halides is 1. The quantitative estimate of drug-likeness (QED) is 0.303. The van der Waals surface area contributed by atoms with Gasteiger partial charge < -0.3 is 19.5 Å². The predicted octanol–water partition coefficient (Wildman–Crippen LogP) is 5.09. The first-order chi connectivity index (χ1) is 16.0. The molecule has 0 heterocycles. The number of esters is 1. The molecule has 184 valence electrons. The monoisotopic (exact) mass is 490 g/mol. The molecule has 2 N–H and O–H groups in total. The van der Waals surface area contributed by atoms with Crippen molar-refractivity contribution in [2.45, 2.75) is 58.2 Å². The highest BCUT2D eigenvalue weighted by Crippen LogP contribution is 2.26. The second-order valence-electron chi connectivity index (χ2n) is 8.62. The average molecular weight is 491 g/mol. The number of alkyl carbamates (subject to hydrolysis) is 1. The molecule has 0 saturated heterocycles. The summed E-state index contributed by atoms with van der Waals surface area (Å²) >= 11 is 6.20. The molecule has 2 aromatic rings. The molecule has 0 aromatic heterocycles. The number of ether oxygens (including phenoxy) is 3. The zero-order valence-corrected chi connectivity index (χ0v) is 20.8. The van der Waals surface area contributed by atoms with Gasteiger partial charge in [-0.15, -0.1) is 11.6 Å². The van der Waals surface area contributed by atoms with Crippen LogP contribution in [-0.4, -0.2) is 36.9 Å². The van der Waals surface area contributed by atoms with Crippen molar-refractivity contribution in [3.05, 3.63) is 64.7 Å². The van der Waals surface area contributed by atoms with Crippen LogP contribution in [0.5, 0.6) is 0 Å². The van der Waals surface area contributed by atoms with Gasteiger partial charge in [0.15, 0.2) is 0 Å². The van der Waals surface area contributed by atoms with Crippen LogP contribution in [0.25, 0.3) is 0 Å². The molecule has 8 nitrogen and oxygen atoms in total. The van der Waals surface area contributed by atoms with Gasteiger partial charge in [-0.25, -0.2) is 14.4 Å². The van der Waals surface area contributed by atoms with Crippen LogP contribution in [0.3, 0.4) is 0 Å². The summed E-state index contributed by atoms with van der Waals surface area (Å²) in [5.41, 5.74) is 2.90. The van der Waals surface area contributed by atoms with Gasteiger partial charge in [0, 0.05) is 18.0 Å². The lowest BCUT2D eigenvalue weighted by atomic mass is 9.96. The summed E-state index contributed by atoms with van der Waals surface area (Å²) in [6.07, 6.45) is -1.20. The number of carbonyl (C=O) groups is 3. The molecular weight excluding hydrogens is 460 g/mol. The number of benzene rings is 2. The van der Waals surface area contributed by atoms with Gasteiger partial charge in [-0.2, -0.15) is 0 Å². The molecule has 9 heteroatoms. The maximum atomic E-state index is 12.4. The van der Waals surface area contributed by atoms with Crippen molar-refractivity contribution in [1.29, 1.82) is 0 Å². The molecule has 0 bridgehead atoms. The predicted molar refractivity (Wildman–Crippen MR) is 130 cm³/mol. The Labute approximate surface area is 204 Å². The second kappa shape index (κ2) is 12.3. The molecule has 0 aliphatic carbocycles. The van der Waals surface area contributed by atoms with Crippen LogP contribution in [-0.2, 0) is 37.9 Å². The molecule has 2 aromatic carbocycles. The Kier molecular flexibility index (Phi) is 9.74. The third-order valence-corrected chi connectivity index (χ3v) is 5.15. The zero-order valence-electron chi connectivity index (χ0n) is 20.1. The molecule has 2 amide bonds. The van der Waals surface area contributed by atoms with E-state index in [0.717, 1.165) is 22.3 Å².